The lowest BCUT2D eigenvalue weighted by Gasteiger charge is -2.14. The van der Waals surface area contributed by atoms with Gasteiger partial charge >= 0.3 is 11.7 Å². The van der Waals surface area contributed by atoms with E-state index in [1.807, 2.05) is 34.9 Å². The summed E-state index contributed by atoms with van der Waals surface area (Å²) in [5.74, 6) is 0.553. The van der Waals surface area contributed by atoms with Crippen LogP contribution >= 0.6 is 0 Å². The number of imide groups is 1. The van der Waals surface area contributed by atoms with E-state index in [1.54, 1.807) is 17.0 Å². The first-order valence-corrected chi connectivity index (χ1v) is 11.2. The third-order valence-electron chi connectivity index (χ3n) is 6.41. The third kappa shape index (κ3) is 3.29. The van der Waals surface area contributed by atoms with Gasteiger partial charge in [-0.25, -0.2) is 14.6 Å². The molecule has 3 amide bonds. The summed E-state index contributed by atoms with van der Waals surface area (Å²) in [5.41, 5.74) is 3.46. The molecule has 4 aromatic rings. The first-order chi connectivity index (χ1) is 16.1. The van der Waals surface area contributed by atoms with Gasteiger partial charge in [0, 0.05) is 25.3 Å². The first kappa shape index (κ1) is 19.7. The van der Waals surface area contributed by atoms with E-state index in [9.17, 15) is 14.4 Å². The molecule has 1 aliphatic heterocycles. The topological polar surface area (TPSA) is 107 Å². The van der Waals surface area contributed by atoms with Crippen LogP contribution in [0.4, 0.5) is 4.79 Å². The van der Waals surface area contributed by atoms with Crippen molar-refractivity contribution < 1.29 is 9.59 Å². The number of nitrogens with one attached hydrogen (secondary N) is 1. The molecule has 6 rings (SSSR count). The standard InChI is InChI=1S/C23H23N7O3/c31-21-13-25-22(32)28(21)11-3-10-27-17-5-2-1-4-16(17)26-20(27)14-29-19-12-24-9-8-18(19)30(23(29)33)15-6-7-15/h1-2,4-5,8-9,12,15H,3,6-7,10-11,13-14H2,(H,25,32). The van der Waals surface area contributed by atoms with Crippen molar-refractivity contribution in [2.24, 2.45) is 0 Å². The molecule has 1 N–H and O–H groups in total. The van der Waals surface area contributed by atoms with Crippen LogP contribution in [0.5, 0.6) is 0 Å². The van der Waals surface area contributed by atoms with Gasteiger partial charge in [-0.05, 0) is 37.5 Å². The van der Waals surface area contributed by atoms with Crippen LogP contribution in [0.15, 0.2) is 47.5 Å². The zero-order valence-corrected chi connectivity index (χ0v) is 18.0. The van der Waals surface area contributed by atoms with Gasteiger partial charge in [-0.2, -0.15) is 0 Å². The summed E-state index contributed by atoms with van der Waals surface area (Å²) in [6.07, 6.45) is 6.08. The number of pyridine rings is 1. The fraction of sp³-hybridized carbons (Fsp3) is 0.348. The van der Waals surface area contributed by atoms with E-state index in [-0.39, 0.29) is 30.2 Å². The molecule has 10 nitrogen and oxygen atoms in total. The van der Waals surface area contributed by atoms with Crippen molar-refractivity contribution in [3.05, 3.63) is 59.0 Å². The Kier molecular flexibility index (Phi) is 4.53. The Balaban J connectivity index is 1.35. The van der Waals surface area contributed by atoms with Crippen molar-refractivity contribution in [2.75, 3.05) is 13.1 Å². The highest BCUT2D eigenvalue weighted by Gasteiger charge is 2.30. The van der Waals surface area contributed by atoms with Crippen molar-refractivity contribution in [3.63, 3.8) is 0 Å². The number of nitrogens with zero attached hydrogens (tertiary/aromatic N) is 6. The van der Waals surface area contributed by atoms with Gasteiger partial charge in [0.25, 0.3) is 0 Å². The SMILES string of the molecule is O=C1CNC(=O)N1CCCn1c(Cn2c(=O)n(C3CC3)c3ccncc32)nc2ccccc21. The fourth-order valence-corrected chi connectivity index (χ4v) is 4.67. The number of aryl methyl sites for hydroxylation is 1. The predicted octanol–water partition coefficient (Wildman–Crippen LogP) is 1.87. The number of hydrogen-bond acceptors (Lipinski definition) is 5. The minimum absolute atomic E-state index is 0.0431. The average Bonchev–Trinajstić information content (AvgIpc) is 3.45. The Bertz CT molecular complexity index is 1440. The number of carbonyl (C=O) groups excluding carboxylic acids is 2. The average molecular weight is 445 g/mol. The minimum Gasteiger partial charge on any atom is -0.329 e. The largest absolute Gasteiger partial charge is 0.329 e. The molecule has 2 aliphatic rings. The summed E-state index contributed by atoms with van der Waals surface area (Å²) in [6.45, 7) is 1.28. The van der Waals surface area contributed by atoms with E-state index in [1.165, 1.54) is 4.90 Å². The summed E-state index contributed by atoms with van der Waals surface area (Å²) < 4.78 is 5.70. The second-order valence-electron chi connectivity index (χ2n) is 8.56. The van der Waals surface area contributed by atoms with Gasteiger partial charge < -0.3 is 9.88 Å². The van der Waals surface area contributed by atoms with Crippen LogP contribution in [0, 0.1) is 0 Å². The molecule has 2 fully saturated rings. The summed E-state index contributed by atoms with van der Waals surface area (Å²) in [7, 11) is 0. The van der Waals surface area contributed by atoms with Gasteiger partial charge in [-0.15, -0.1) is 0 Å². The highest BCUT2D eigenvalue weighted by Crippen LogP contribution is 2.36. The Hall–Kier alpha value is -3.95. The molecule has 33 heavy (non-hydrogen) atoms. The second kappa shape index (κ2) is 7.58. The number of rotatable bonds is 7. The van der Waals surface area contributed by atoms with Crippen LogP contribution in [0.3, 0.4) is 0 Å². The van der Waals surface area contributed by atoms with Crippen LogP contribution < -0.4 is 11.0 Å². The first-order valence-electron chi connectivity index (χ1n) is 11.2. The molecule has 10 heteroatoms. The molecular weight excluding hydrogens is 422 g/mol. The summed E-state index contributed by atoms with van der Waals surface area (Å²) in [5, 5.41) is 2.55. The molecule has 168 valence electrons. The molecule has 1 aromatic carbocycles. The van der Waals surface area contributed by atoms with E-state index < -0.39 is 0 Å². The Morgan fingerprint density at radius 2 is 1.82 bits per heavy atom. The van der Waals surface area contributed by atoms with Crippen LogP contribution in [-0.4, -0.2) is 53.6 Å². The van der Waals surface area contributed by atoms with Crippen molar-refractivity contribution in [1.82, 2.24) is 33.9 Å². The third-order valence-corrected chi connectivity index (χ3v) is 6.41. The number of imidazole rings is 2. The van der Waals surface area contributed by atoms with E-state index in [2.05, 4.69) is 14.9 Å². The van der Waals surface area contributed by atoms with Gasteiger partial charge in [0.15, 0.2) is 0 Å². The van der Waals surface area contributed by atoms with E-state index in [0.717, 1.165) is 40.7 Å². The molecule has 0 bridgehead atoms. The lowest BCUT2D eigenvalue weighted by Crippen LogP contribution is -2.32. The number of para-hydroxylation sites is 2. The summed E-state index contributed by atoms with van der Waals surface area (Å²) >= 11 is 0. The van der Waals surface area contributed by atoms with Crippen molar-refractivity contribution in [1.29, 1.82) is 0 Å². The minimum atomic E-state index is -0.345. The van der Waals surface area contributed by atoms with Crippen LogP contribution in [-0.2, 0) is 17.9 Å². The maximum Gasteiger partial charge on any atom is 0.329 e. The van der Waals surface area contributed by atoms with E-state index in [4.69, 9.17) is 4.98 Å². The highest BCUT2D eigenvalue weighted by molar-refractivity contribution is 6.01. The number of fused-ring (bicyclic) bond motifs is 2. The number of benzene rings is 1. The number of aromatic nitrogens is 5. The van der Waals surface area contributed by atoms with E-state index >= 15 is 0 Å². The molecule has 0 unspecified atom stereocenters. The quantitative estimate of drug-likeness (QED) is 0.437. The second-order valence-corrected chi connectivity index (χ2v) is 8.56. The normalized spacial score (nSPS) is 16.3. The Morgan fingerprint density at radius 1 is 0.970 bits per heavy atom. The molecule has 1 saturated carbocycles. The molecule has 0 atom stereocenters. The van der Waals surface area contributed by atoms with Crippen molar-refractivity contribution >= 4 is 34.0 Å². The van der Waals surface area contributed by atoms with Crippen molar-refractivity contribution in [3.8, 4) is 0 Å². The maximum atomic E-state index is 13.3. The van der Waals surface area contributed by atoms with Gasteiger partial charge in [0.2, 0.25) is 5.91 Å². The zero-order chi connectivity index (χ0) is 22.5. The highest BCUT2D eigenvalue weighted by atomic mass is 16.2. The summed E-state index contributed by atoms with van der Waals surface area (Å²) in [4.78, 5) is 47.4. The molecule has 0 spiro atoms. The number of amides is 3. The van der Waals surface area contributed by atoms with Gasteiger partial charge in [0.1, 0.15) is 5.82 Å². The number of urea groups is 1. The molecule has 3 aromatic heterocycles. The van der Waals surface area contributed by atoms with Crippen LogP contribution in [0.1, 0.15) is 31.1 Å². The summed E-state index contributed by atoms with van der Waals surface area (Å²) in [6, 6.07) is 9.64. The molecule has 0 radical (unpaired) electrons. The monoisotopic (exact) mass is 445 g/mol. The van der Waals surface area contributed by atoms with Gasteiger partial charge in [-0.3, -0.25) is 23.8 Å². The number of carbonyl (C=O) groups is 2. The van der Waals surface area contributed by atoms with Gasteiger partial charge in [0.05, 0.1) is 41.4 Å². The molecule has 1 saturated heterocycles. The van der Waals surface area contributed by atoms with Crippen LogP contribution in [0.2, 0.25) is 0 Å². The maximum absolute atomic E-state index is 13.3. The van der Waals surface area contributed by atoms with Gasteiger partial charge in [-0.1, -0.05) is 12.1 Å². The number of hydrogen-bond donors (Lipinski definition) is 1. The lowest BCUT2D eigenvalue weighted by atomic mass is 10.3. The van der Waals surface area contributed by atoms with E-state index in [0.29, 0.717) is 26.1 Å². The van der Waals surface area contributed by atoms with Crippen LogP contribution in [0.25, 0.3) is 22.1 Å². The lowest BCUT2D eigenvalue weighted by molar-refractivity contribution is -0.125. The molecule has 4 heterocycles. The smallest absolute Gasteiger partial charge is 0.329 e. The predicted molar refractivity (Wildman–Crippen MR) is 121 cm³/mol. The zero-order valence-electron chi connectivity index (χ0n) is 18.0. The van der Waals surface area contributed by atoms with Crippen molar-refractivity contribution in [2.45, 2.75) is 38.4 Å². The Morgan fingerprint density at radius 3 is 2.61 bits per heavy atom. The Labute approximate surface area is 188 Å². The molecular formula is C23H23N7O3. The molecule has 1 aliphatic carbocycles. The fourth-order valence-electron chi connectivity index (χ4n) is 4.67.